The second-order valence-corrected chi connectivity index (χ2v) is 5.93. The van der Waals surface area contributed by atoms with Crippen molar-refractivity contribution in [1.82, 2.24) is 14.5 Å². The van der Waals surface area contributed by atoms with Crippen molar-refractivity contribution in [2.45, 2.75) is 51.0 Å². The van der Waals surface area contributed by atoms with Gasteiger partial charge in [-0.15, -0.1) is 0 Å². The van der Waals surface area contributed by atoms with Crippen molar-refractivity contribution in [2.75, 3.05) is 31.5 Å². The van der Waals surface area contributed by atoms with Gasteiger partial charge in [0.15, 0.2) is 0 Å². The molecule has 2 fully saturated rings. The first-order valence-corrected chi connectivity index (χ1v) is 7.92. The molecule has 2 heterocycles. The topological polar surface area (TPSA) is 33.1 Å². The van der Waals surface area contributed by atoms with Crippen LogP contribution >= 0.6 is 0 Å². The van der Waals surface area contributed by atoms with E-state index in [0.29, 0.717) is 6.04 Å². The van der Waals surface area contributed by atoms with Gasteiger partial charge in [-0.1, -0.05) is 19.3 Å². The summed E-state index contributed by atoms with van der Waals surface area (Å²) in [7, 11) is 0. The maximum atomic E-state index is 4.48. The molecule has 0 bridgehead atoms. The molecule has 4 nitrogen and oxygen atoms in total. The highest BCUT2D eigenvalue weighted by atomic mass is 15.2. The van der Waals surface area contributed by atoms with E-state index in [1.807, 2.05) is 6.20 Å². The summed E-state index contributed by atoms with van der Waals surface area (Å²) in [6.45, 7) is 4.72. The van der Waals surface area contributed by atoms with Crippen molar-refractivity contribution in [3.05, 3.63) is 12.4 Å². The number of aromatic nitrogens is 2. The van der Waals surface area contributed by atoms with Crippen LogP contribution in [-0.2, 0) is 0 Å². The maximum Gasteiger partial charge on any atom is 0.203 e. The Labute approximate surface area is 116 Å². The van der Waals surface area contributed by atoms with Gasteiger partial charge in [0.05, 0.1) is 0 Å². The van der Waals surface area contributed by atoms with E-state index in [-0.39, 0.29) is 0 Å². The van der Waals surface area contributed by atoms with E-state index in [2.05, 4.69) is 26.0 Å². The van der Waals surface area contributed by atoms with Gasteiger partial charge in [-0.05, 0) is 38.8 Å². The van der Waals surface area contributed by atoms with E-state index in [1.165, 1.54) is 58.0 Å². The minimum absolute atomic E-state index is 0.681. The van der Waals surface area contributed by atoms with Crippen LogP contribution in [0.4, 0.5) is 5.95 Å². The third-order valence-corrected chi connectivity index (χ3v) is 4.55. The molecule has 3 rings (SSSR count). The second-order valence-electron chi connectivity index (χ2n) is 5.93. The average molecular weight is 262 g/mol. The molecule has 0 unspecified atom stereocenters. The minimum Gasteiger partial charge on any atom is -0.354 e. The summed E-state index contributed by atoms with van der Waals surface area (Å²) in [5.41, 5.74) is 0. The molecule has 0 radical (unpaired) electrons. The molecule has 1 aromatic heterocycles. The highest BCUT2D eigenvalue weighted by Gasteiger charge is 2.19. The lowest BCUT2D eigenvalue weighted by Crippen LogP contribution is -2.34. The fourth-order valence-corrected chi connectivity index (χ4v) is 3.44. The molecule has 4 heteroatoms. The number of nitrogens with zero attached hydrogens (tertiary/aromatic N) is 3. The van der Waals surface area contributed by atoms with Crippen molar-refractivity contribution in [1.29, 1.82) is 0 Å². The first-order valence-electron chi connectivity index (χ1n) is 7.92. The fourth-order valence-electron chi connectivity index (χ4n) is 3.44. The molecule has 19 heavy (non-hydrogen) atoms. The Morgan fingerprint density at radius 1 is 1.11 bits per heavy atom. The van der Waals surface area contributed by atoms with Crippen molar-refractivity contribution < 1.29 is 0 Å². The second kappa shape index (κ2) is 6.42. The van der Waals surface area contributed by atoms with Crippen molar-refractivity contribution in [2.24, 2.45) is 0 Å². The highest BCUT2D eigenvalue weighted by molar-refractivity contribution is 5.26. The number of piperidine rings is 1. The number of hydrogen-bond donors (Lipinski definition) is 1. The summed E-state index contributed by atoms with van der Waals surface area (Å²) in [5, 5.41) is 3.53. The number of anilines is 1. The van der Waals surface area contributed by atoms with E-state index in [1.54, 1.807) is 0 Å². The predicted molar refractivity (Wildman–Crippen MR) is 78.5 cm³/mol. The molecule has 0 amide bonds. The molecular weight excluding hydrogens is 236 g/mol. The average Bonchev–Trinajstić information content (AvgIpc) is 3.10. The van der Waals surface area contributed by atoms with Crippen molar-refractivity contribution in [3.8, 4) is 0 Å². The molecule has 1 aromatic rings. The van der Waals surface area contributed by atoms with Gasteiger partial charge in [-0.3, -0.25) is 0 Å². The summed E-state index contributed by atoms with van der Waals surface area (Å²) < 4.78 is 2.35. The number of hydrogen-bond acceptors (Lipinski definition) is 3. The lowest BCUT2D eigenvalue weighted by atomic mass is 10.1. The molecule has 0 spiro atoms. The van der Waals surface area contributed by atoms with Crippen LogP contribution in [0.5, 0.6) is 0 Å². The molecule has 1 saturated carbocycles. The monoisotopic (exact) mass is 262 g/mol. The maximum absolute atomic E-state index is 4.48. The van der Waals surface area contributed by atoms with Gasteiger partial charge in [0.1, 0.15) is 0 Å². The number of rotatable bonds is 5. The normalized spacial score (nSPS) is 21.9. The molecule has 2 aliphatic rings. The van der Waals surface area contributed by atoms with E-state index in [9.17, 15) is 0 Å². The predicted octanol–water partition coefficient (Wildman–Crippen LogP) is 2.90. The van der Waals surface area contributed by atoms with E-state index < -0.39 is 0 Å². The third-order valence-electron chi connectivity index (χ3n) is 4.55. The first-order chi connectivity index (χ1) is 9.43. The molecule has 1 aliphatic carbocycles. The van der Waals surface area contributed by atoms with Gasteiger partial charge in [0.25, 0.3) is 0 Å². The summed E-state index contributed by atoms with van der Waals surface area (Å²) in [6.07, 6.45) is 13.6. The van der Waals surface area contributed by atoms with Gasteiger partial charge in [0, 0.05) is 31.5 Å². The molecule has 0 atom stereocenters. The molecule has 106 valence electrons. The van der Waals surface area contributed by atoms with Gasteiger partial charge >= 0.3 is 0 Å². The van der Waals surface area contributed by atoms with Crippen LogP contribution in [0.1, 0.15) is 51.0 Å². The first kappa shape index (κ1) is 13.0. The van der Waals surface area contributed by atoms with Crippen molar-refractivity contribution >= 4 is 5.95 Å². The Bertz CT molecular complexity index is 375. The molecular formula is C15H26N4. The van der Waals surface area contributed by atoms with Crippen molar-refractivity contribution in [3.63, 3.8) is 0 Å². The van der Waals surface area contributed by atoms with Gasteiger partial charge in [-0.25, -0.2) is 4.98 Å². The highest BCUT2D eigenvalue weighted by Crippen LogP contribution is 2.31. The van der Waals surface area contributed by atoms with Crippen LogP contribution in [0, 0.1) is 0 Å². The zero-order valence-corrected chi connectivity index (χ0v) is 11.9. The SMILES string of the molecule is c1cn(C2CCCC2)c(NCCN2CCCCC2)n1. The molecule has 0 aromatic carbocycles. The van der Waals surface area contributed by atoms with Crippen LogP contribution < -0.4 is 5.32 Å². The summed E-state index contributed by atoms with van der Waals surface area (Å²) in [5.74, 6) is 1.07. The third kappa shape index (κ3) is 3.30. The standard InChI is InChI=1S/C15H26N4/c1-4-10-18(11-5-1)12-8-16-15-17-9-13-19(15)14-6-2-3-7-14/h9,13-14H,1-8,10-12H2,(H,16,17). The summed E-state index contributed by atoms with van der Waals surface area (Å²) in [6, 6.07) is 0.681. The van der Waals surface area contributed by atoms with Gasteiger partial charge in [-0.2, -0.15) is 0 Å². The number of likely N-dealkylation sites (tertiary alicyclic amines) is 1. The minimum atomic E-state index is 0.681. The van der Waals surface area contributed by atoms with E-state index in [4.69, 9.17) is 0 Å². The number of imidazole rings is 1. The fraction of sp³-hybridized carbons (Fsp3) is 0.800. The quantitative estimate of drug-likeness (QED) is 0.885. The Kier molecular flexibility index (Phi) is 4.38. The van der Waals surface area contributed by atoms with Crippen LogP contribution in [0.25, 0.3) is 0 Å². The smallest absolute Gasteiger partial charge is 0.203 e. The Morgan fingerprint density at radius 3 is 2.68 bits per heavy atom. The summed E-state index contributed by atoms with van der Waals surface area (Å²) >= 11 is 0. The zero-order valence-electron chi connectivity index (χ0n) is 11.9. The van der Waals surface area contributed by atoms with E-state index in [0.717, 1.165) is 19.0 Å². The Hall–Kier alpha value is -1.03. The van der Waals surface area contributed by atoms with Gasteiger partial charge < -0.3 is 14.8 Å². The molecule has 1 saturated heterocycles. The summed E-state index contributed by atoms with van der Waals surface area (Å²) in [4.78, 5) is 7.05. The van der Waals surface area contributed by atoms with Gasteiger partial charge in [0.2, 0.25) is 5.95 Å². The Balaban J connectivity index is 1.48. The lowest BCUT2D eigenvalue weighted by Gasteiger charge is -2.26. The van der Waals surface area contributed by atoms with Crippen LogP contribution in [-0.4, -0.2) is 40.6 Å². The Morgan fingerprint density at radius 2 is 1.89 bits per heavy atom. The van der Waals surface area contributed by atoms with Crippen LogP contribution in [0.2, 0.25) is 0 Å². The largest absolute Gasteiger partial charge is 0.354 e. The lowest BCUT2D eigenvalue weighted by molar-refractivity contribution is 0.237. The number of nitrogens with one attached hydrogen (secondary N) is 1. The van der Waals surface area contributed by atoms with Crippen LogP contribution in [0.3, 0.4) is 0 Å². The zero-order chi connectivity index (χ0) is 12.9. The van der Waals surface area contributed by atoms with E-state index >= 15 is 0 Å². The van der Waals surface area contributed by atoms with Crippen LogP contribution in [0.15, 0.2) is 12.4 Å². The molecule has 1 aliphatic heterocycles. The molecule has 1 N–H and O–H groups in total.